The summed E-state index contributed by atoms with van der Waals surface area (Å²) in [4.78, 5) is 27.9. The lowest BCUT2D eigenvalue weighted by atomic mass is 9.95. The number of aryl methyl sites for hydroxylation is 1. The molecule has 4 rings (SSSR count). The second-order valence-corrected chi connectivity index (χ2v) is 7.19. The van der Waals surface area contributed by atoms with Gasteiger partial charge in [0.1, 0.15) is 11.1 Å². The van der Waals surface area contributed by atoms with Crippen molar-refractivity contribution in [2.45, 2.75) is 37.8 Å². The molecule has 1 aromatic heterocycles. The summed E-state index contributed by atoms with van der Waals surface area (Å²) in [5.41, 5.74) is 1.35. The Morgan fingerprint density at radius 1 is 1.27 bits per heavy atom. The van der Waals surface area contributed by atoms with Crippen LogP contribution < -0.4 is 0 Å². The van der Waals surface area contributed by atoms with E-state index in [-0.39, 0.29) is 12.0 Å². The fourth-order valence-corrected chi connectivity index (χ4v) is 3.91. The summed E-state index contributed by atoms with van der Waals surface area (Å²) >= 11 is 0. The third-order valence-electron chi connectivity index (χ3n) is 5.35. The van der Waals surface area contributed by atoms with Gasteiger partial charge in [-0.1, -0.05) is 17.3 Å². The Kier molecular flexibility index (Phi) is 4.26. The van der Waals surface area contributed by atoms with Gasteiger partial charge in [0.25, 0.3) is 0 Å². The van der Waals surface area contributed by atoms with Crippen LogP contribution in [-0.4, -0.2) is 69.1 Å². The Bertz CT molecular complexity index is 835. The molecular weight excluding hydrogens is 334 g/mol. The first kappa shape index (κ1) is 16.8. The molecule has 0 saturated carbocycles. The molecule has 2 amide bonds. The van der Waals surface area contributed by atoms with Crippen LogP contribution in [0.4, 0.5) is 4.79 Å². The van der Waals surface area contributed by atoms with Crippen molar-refractivity contribution in [2.24, 2.45) is 0 Å². The van der Waals surface area contributed by atoms with E-state index in [2.05, 4.69) is 10.3 Å². The van der Waals surface area contributed by atoms with Gasteiger partial charge in [-0.15, -0.1) is 5.10 Å². The minimum atomic E-state index is -0.428. The topological polar surface area (TPSA) is 80.6 Å². The number of benzene rings is 1. The van der Waals surface area contributed by atoms with Crippen LogP contribution in [-0.2, 0) is 16.1 Å². The smallest absolute Gasteiger partial charge is 0.410 e. The predicted molar refractivity (Wildman–Crippen MR) is 94.4 cm³/mol. The van der Waals surface area contributed by atoms with Crippen LogP contribution in [0.1, 0.15) is 25.7 Å². The number of likely N-dealkylation sites (tertiary alicyclic amines) is 1. The van der Waals surface area contributed by atoms with Crippen molar-refractivity contribution in [3.8, 4) is 0 Å². The number of amides is 2. The molecule has 3 heterocycles. The number of fused-ring (bicyclic) bond motifs is 1. The maximum atomic E-state index is 12.7. The Labute approximate surface area is 151 Å². The maximum Gasteiger partial charge on any atom is 0.410 e. The van der Waals surface area contributed by atoms with Crippen LogP contribution >= 0.6 is 0 Å². The number of hydrogen-bond acceptors (Lipinski definition) is 5. The molecular formula is C18H23N5O3. The Hall–Kier alpha value is -2.64. The van der Waals surface area contributed by atoms with Crippen LogP contribution in [0.25, 0.3) is 11.0 Å². The molecule has 2 aromatic rings. The number of hydrogen-bond donors (Lipinski definition) is 0. The second-order valence-electron chi connectivity index (χ2n) is 7.19. The molecule has 0 bridgehead atoms. The number of carbonyl (C=O) groups is 2. The van der Waals surface area contributed by atoms with Crippen molar-refractivity contribution >= 4 is 23.0 Å². The van der Waals surface area contributed by atoms with Gasteiger partial charge >= 0.3 is 6.09 Å². The molecule has 2 aliphatic heterocycles. The van der Waals surface area contributed by atoms with Crippen LogP contribution in [0.5, 0.6) is 0 Å². The Morgan fingerprint density at radius 3 is 2.92 bits per heavy atom. The minimum absolute atomic E-state index is 0.110. The first-order chi connectivity index (χ1) is 12.6. The van der Waals surface area contributed by atoms with Gasteiger partial charge in [-0.25, -0.2) is 9.48 Å². The average Bonchev–Trinajstić information content (AvgIpc) is 3.09. The van der Waals surface area contributed by atoms with Crippen molar-refractivity contribution in [3.05, 3.63) is 24.3 Å². The number of rotatable bonds is 3. The first-order valence-corrected chi connectivity index (χ1v) is 9.06. The number of para-hydroxylation sites is 1. The molecule has 138 valence electrons. The molecule has 1 atom stereocenters. The molecule has 0 radical (unpaired) electrons. The summed E-state index contributed by atoms with van der Waals surface area (Å²) in [6, 6.07) is 7.74. The third kappa shape index (κ3) is 3.11. The quantitative estimate of drug-likeness (QED) is 0.834. The third-order valence-corrected chi connectivity index (χ3v) is 5.35. The van der Waals surface area contributed by atoms with Gasteiger partial charge in [0.05, 0.1) is 18.6 Å². The van der Waals surface area contributed by atoms with Gasteiger partial charge in [-0.2, -0.15) is 0 Å². The predicted octanol–water partition coefficient (Wildman–Crippen LogP) is 1.65. The zero-order valence-corrected chi connectivity index (χ0v) is 14.9. The second kappa shape index (κ2) is 6.59. The number of ether oxygens (including phenoxy) is 1. The van der Waals surface area contributed by atoms with E-state index in [4.69, 9.17) is 4.74 Å². The summed E-state index contributed by atoms with van der Waals surface area (Å²) in [6.45, 7) is 2.45. The molecule has 1 unspecified atom stereocenters. The van der Waals surface area contributed by atoms with Crippen LogP contribution in [0.15, 0.2) is 24.3 Å². The van der Waals surface area contributed by atoms with E-state index in [1.807, 2.05) is 29.2 Å². The van der Waals surface area contributed by atoms with Gasteiger partial charge in [-0.05, 0) is 25.0 Å². The van der Waals surface area contributed by atoms with Gasteiger partial charge in [0.2, 0.25) is 5.91 Å². The minimum Gasteiger partial charge on any atom is -0.441 e. The van der Waals surface area contributed by atoms with Crippen molar-refractivity contribution in [1.82, 2.24) is 24.8 Å². The van der Waals surface area contributed by atoms with E-state index in [1.165, 1.54) is 0 Å². The zero-order chi connectivity index (χ0) is 18.1. The number of aromatic nitrogens is 3. The largest absolute Gasteiger partial charge is 0.441 e. The van der Waals surface area contributed by atoms with Crippen molar-refractivity contribution in [1.29, 1.82) is 0 Å². The maximum absolute atomic E-state index is 12.7. The number of carbonyl (C=O) groups excluding carboxylic acids is 2. The van der Waals surface area contributed by atoms with E-state index in [0.29, 0.717) is 39.0 Å². The highest BCUT2D eigenvalue weighted by Gasteiger charge is 2.44. The van der Waals surface area contributed by atoms with Gasteiger partial charge in [-0.3, -0.25) is 4.79 Å². The molecule has 0 aliphatic carbocycles. The lowest BCUT2D eigenvalue weighted by Gasteiger charge is -2.25. The number of likely N-dealkylation sites (N-methyl/N-ethyl adjacent to an activating group) is 1. The Balaban J connectivity index is 1.36. The summed E-state index contributed by atoms with van der Waals surface area (Å²) in [5, 5.41) is 8.26. The molecule has 8 heteroatoms. The summed E-state index contributed by atoms with van der Waals surface area (Å²) in [5.74, 6) is 0.110. The van der Waals surface area contributed by atoms with E-state index in [1.54, 1.807) is 16.6 Å². The fourth-order valence-electron chi connectivity index (χ4n) is 3.91. The summed E-state index contributed by atoms with van der Waals surface area (Å²) < 4.78 is 7.38. The lowest BCUT2D eigenvalue weighted by molar-refractivity contribution is -0.131. The molecule has 2 aliphatic rings. The monoisotopic (exact) mass is 357 g/mol. The molecule has 26 heavy (non-hydrogen) atoms. The van der Waals surface area contributed by atoms with E-state index in [9.17, 15) is 9.59 Å². The van der Waals surface area contributed by atoms with Gasteiger partial charge in [0.15, 0.2) is 0 Å². The van der Waals surface area contributed by atoms with Gasteiger partial charge < -0.3 is 14.5 Å². The lowest BCUT2D eigenvalue weighted by Crippen LogP contribution is -2.37. The van der Waals surface area contributed by atoms with E-state index < -0.39 is 5.60 Å². The normalized spacial score (nSPS) is 23.5. The standard InChI is InChI=1S/C18H23N5O3/c1-21-13-18(26-17(21)25)8-4-10-22(12-9-18)16(24)7-11-23-15-6-3-2-5-14(15)19-20-23/h2-3,5-6H,4,7-13H2,1H3. The SMILES string of the molecule is CN1CC2(CCCN(C(=O)CCn3nnc4ccccc43)CC2)OC1=O. The molecule has 2 fully saturated rings. The van der Waals surface area contributed by atoms with E-state index >= 15 is 0 Å². The van der Waals surface area contributed by atoms with Crippen LogP contribution in [0.2, 0.25) is 0 Å². The van der Waals surface area contributed by atoms with Gasteiger partial charge in [0, 0.05) is 33.0 Å². The van der Waals surface area contributed by atoms with Crippen molar-refractivity contribution in [2.75, 3.05) is 26.7 Å². The van der Waals surface area contributed by atoms with E-state index in [0.717, 1.165) is 23.9 Å². The molecule has 8 nitrogen and oxygen atoms in total. The fraction of sp³-hybridized carbons (Fsp3) is 0.556. The zero-order valence-electron chi connectivity index (χ0n) is 14.9. The molecule has 1 spiro atoms. The highest BCUT2D eigenvalue weighted by molar-refractivity contribution is 5.77. The molecule has 2 saturated heterocycles. The first-order valence-electron chi connectivity index (χ1n) is 9.06. The van der Waals surface area contributed by atoms with Crippen LogP contribution in [0, 0.1) is 0 Å². The Morgan fingerprint density at radius 2 is 2.12 bits per heavy atom. The summed E-state index contributed by atoms with van der Waals surface area (Å²) in [6.07, 6.45) is 2.48. The van der Waals surface area contributed by atoms with Crippen molar-refractivity contribution < 1.29 is 14.3 Å². The molecule has 1 aromatic carbocycles. The van der Waals surface area contributed by atoms with Crippen molar-refractivity contribution in [3.63, 3.8) is 0 Å². The highest BCUT2D eigenvalue weighted by atomic mass is 16.6. The number of nitrogens with zero attached hydrogens (tertiary/aromatic N) is 5. The van der Waals surface area contributed by atoms with Crippen LogP contribution in [0.3, 0.4) is 0 Å². The highest BCUT2D eigenvalue weighted by Crippen LogP contribution is 2.32. The molecule has 0 N–H and O–H groups in total. The summed E-state index contributed by atoms with van der Waals surface area (Å²) in [7, 11) is 1.76. The average molecular weight is 357 g/mol.